The van der Waals surface area contributed by atoms with Gasteiger partial charge in [-0.2, -0.15) is 11.3 Å². The predicted molar refractivity (Wildman–Crippen MR) is 73.2 cm³/mol. The zero-order valence-corrected chi connectivity index (χ0v) is 11.4. The maximum atomic E-state index is 3.54. The van der Waals surface area contributed by atoms with Crippen molar-refractivity contribution < 1.29 is 0 Å². The average molecular weight is 240 g/mol. The number of nitrogens with one attached hydrogen (secondary N) is 2. The van der Waals surface area contributed by atoms with Gasteiger partial charge in [0.25, 0.3) is 0 Å². The molecule has 0 amide bonds. The van der Waals surface area contributed by atoms with Gasteiger partial charge in [-0.3, -0.25) is 0 Å². The Hall–Kier alpha value is -0.380. The van der Waals surface area contributed by atoms with Crippen LogP contribution in [0.15, 0.2) is 16.8 Å². The van der Waals surface area contributed by atoms with Gasteiger partial charge in [-0.05, 0) is 54.7 Å². The Morgan fingerprint density at radius 3 is 2.69 bits per heavy atom. The molecule has 16 heavy (non-hydrogen) atoms. The lowest BCUT2D eigenvalue weighted by atomic mass is 10.2. The topological polar surface area (TPSA) is 24.1 Å². The molecule has 2 N–H and O–H groups in total. The summed E-state index contributed by atoms with van der Waals surface area (Å²) in [5.41, 5.74) is 1.44. The lowest BCUT2D eigenvalue weighted by Gasteiger charge is -2.15. The summed E-state index contributed by atoms with van der Waals surface area (Å²) in [5, 5.41) is 11.4. The third kappa shape index (κ3) is 6.26. The molecule has 0 bridgehead atoms. The van der Waals surface area contributed by atoms with Crippen molar-refractivity contribution >= 4 is 11.3 Å². The molecule has 1 rings (SSSR count). The molecular weight excluding hydrogens is 216 g/mol. The first-order valence-corrected chi connectivity index (χ1v) is 7.08. The van der Waals surface area contributed by atoms with E-state index in [2.05, 4.69) is 48.2 Å². The van der Waals surface area contributed by atoms with Gasteiger partial charge in [0.1, 0.15) is 0 Å². The molecule has 1 aromatic heterocycles. The molecule has 0 fully saturated rings. The van der Waals surface area contributed by atoms with Crippen molar-refractivity contribution in [1.29, 1.82) is 0 Å². The third-order valence-corrected chi connectivity index (χ3v) is 3.22. The second-order valence-corrected chi connectivity index (χ2v) is 5.57. The van der Waals surface area contributed by atoms with Crippen LogP contribution in [0.2, 0.25) is 0 Å². The Balaban J connectivity index is 2.00. The molecule has 0 saturated carbocycles. The van der Waals surface area contributed by atoms with Crippen LogP contribution >= 0.6 is 11.3 Å². The highest BCUT2D eigenvalue weighted by Crippen LogP contribution is 2.05. The average Bonchev–Trinajstić information content (AvgIpc) is 2.70. The number of hydrogen-bond acceptors (Lipinski definition) is 3. The van der Waals surface area contributed by atoms with Crippen molar-refractivity contribution in [3.05, 3.63) is 22.4 Å². The summed E-state index contributed by atoms with van der Waals surface area (Å²) < 4.78 is 0. The fraction of sp³-hybridized carbons (Fsp3) is 0.692. The first-order chi connectivity index (χ1) is 7.68. The molecular formula is C13H24N2S. The summed E-state index contributed by atoms with van der Waals surface area (Å²) in [7, 11) is 0. The van der Waals surface area contributed by atoms with Crippen LogP contribution in [0.4, 0.5) is 0 Å². The summed E-state index contributed by atoms with van der Waals surface area (Å²) in [6.45, 7) is 9.95. The maximum absolute atomic E-state index is 3.54. The fourth-order valence-electron chi connectivity index (χ4n) is 1.56. The molecule has 0 aliphatic carbocycles. The standard InChI is InChI=1S/C13H24N2S/c1-11(2)8-14-9-12(3)15-6-4-13-5-7-16-10-13/h5,7,10-12,14-15H,4,6,8-9H2,1-3H3. The quantitative estimate of drug-likeness (QED) is 0.729. The minimum Gasteiger partial charge on any atom is -0.315 e. The molecule has 0 aliphatic heterocycles. The van der Waals surface area contributed by atoms with Crippen molar-refractivity contribution in [2.75, 3.05) is 19.6 Å². The van der Waals surface area contributed by atoms with Gasteiger partial charge in [-0.25, -0.2) is 0 Å². The van der Waals surface area contributed by atoms with E-state index in [9.17, 15) is 0 Å². The van der Waals surface area contributed by atoms with Crippen molar-refractivity contribution in [2.45, 2.75) is 33.2 Å². The zero-order chi connectivity index (χ0) is 11.8. The normalized spacial score (nSPS) is 13.2. The van der Waals surface area contributed by atoms with Crippen LogP contribution in [0.3, 0.4) is 0 Å². The molecule has 0 radical (unpaired) electrons. The first kappa shape index (κ1) is 13.7. The van der Waals surface area contributed by atoms with Crippen LogP contribution in [-0.2, 0) is 6.42 Å². The summed E-state index contributed by atoms with van der Waals surface area (Å²) in [6, 6.07) is 2.76. The van der Waals surface area contributed by atoms with Gasteiger partial charge < -0.3 is 10.6 Å². The highest BCUT2D eigenvalue weighted by molar-refractivity contribution is 7.07. The second kappa shape index (κ2) is 7.82. The smallest absolute Gasteiger partial charge is 0.0164 e. The van der Waals surface area contributed by atoms with E-state index in [-0.39, 0.29) is 0 Å². The van der Waals surface area contributed by atoms with E-state index in [1.807, 2.05) is 0 Å². The van der Waals surface area contributed by atoms with Crippen molar-refractivity contribution in [3.63, 3.8) is 0 Å². The van der Waals surface area contributed by atoms with Gasteiger partial charge in [-0.1, -0.05) is 13.8 Å². The number of hydrogen-bond donors (Lipinski definition) is 2. The second-order valence-electron chi connectivity index (χ2n) is 4.79. The van der Waals surface area contributed by atoms with Gasteiger partial charge in [0, 0.05) is 12.6 Å². The largest absolute Gasteiger partial charge is 0.315 e. The van der Waals surface area contributed by atoms with Crippen LogP contribution in [0, 0.1) is 5.92 Å². The molecule has 0 aromatic carbocycles. The SMILES string of the molecule is CC(C)CNCC(C)NCCc1ccsc1. The van der Waals surface area contributed by atoms with Crippen LogP contribution in [0.5, 0.6) is 0 Å². The van der Waals surface area contributed by atoms with Crippen LogP contribution < -0.4 is 10.6 Å². The Kier molecular flexibility index (Phi) is 6.69. The highest BCUT2D eigenvalue weighted by atomic mass is 32.1. The van der Waals surface area contributed by atoms with E-state index < -0.39 is 0 Å². The third-order valence-electron chi connectivity index (χ3n) is 2.49. The fourth-order valence-corrected chi connectivity index (χ4v) is 2.26. The molecule has 3 heteroatoms. The van der Waals surface area contributed by atoms with E-state index in [0.717, 1.165) is 32.0 Å². The Labute approximate surface area is 103 Å². The van der Waals surface area contributed by atoms with E-state index in [1.165, 1.54) is 5.56 Å². The van der Waals surface area contributed by atoms with Crippen LogP contribution in [0.25, 0.3) is 0 Å². The molecule has 92 valence electrons. The lowest BCUT2D eigenvalue weighted by molar-refractivity contribution is 0.475. The highest BCUT2D eigenvalue weighted by Gasteiger charge is 2.01. The van der Waals surface area contributed by atoms with Gasteiger partial charge in [-0.15, -0.1) is 0 Å². The lowest BCUT2D eigenvalue weighted by Crippen LogP contribution is -2.38. The summed E-state index contributed by atoms with van der Waals surface area (Å²) in [5.74, 6) is 0.734. The molecule has 1 unspecified atom stereocenters. The number of rotatable bonds is 8. The molecule has 2 nitrogen and oxygen atoms in total. The van der Waals surface area contributed by atoms with Crippen LogP contribution in [-0.4, -0.2) is 25.7 Å². The van der Waals surface area contributed by atoms with E-state index in [4.69, 9.17) is 0 Å². The van der Waals surface area contributed by atoms with Gasteiger partial charge >= 0.3 is 0 Å². The van der Waals surface area contributed by atoms with Gasteiger partial charge in [0.15, 0.2) is 0 Å². The molecule has 0 aliphatic rings. The van der Waals surface area contributed by atoms with E-state index in [1.54, 1.807) is 11.3 Å². The molecule has 0 saturated heterocycles. The summed E-state index contributed by atoms with van der Waals surface area (Å²) >= 11 is 1.78. The van der Waals surface area contributed by atoms with Gasteiger partial charge in [0.2, 0.25) is 0 Å². The monoisotopic (exact) mass is 240 g/mol. The minimum atomic E-state index is 0.553. The molecule has 0 spiro atoms. The minimum absolute atomic E-state index is 0.553. The van der Waals surface area contributed by atoms with Crippen LogP contribution in [0.1, 0.15) is 26.3 Å². The summed E-state index contributed by atoms with van der Waals surface area (Å²) in [4.78, 5) is 0. The van der Waals surface area contributed by atoms with Crippen molar-refractivity contribution in [1.82, 2.24) is 10.6 Å². The maximum Gasteiger partial charge on any atom is 0.0164 e. The molecule has 1 aromatic rings. The Morgan fingerprint density at radius 2 is 2.06 bits per heavy atom. The van der Waals surface area contributed by atoms with Gasteiger partial charge in [0.05, 0.1) is 0 Å². The predicted octanol–water partition coefficient (Wildman–Crippen LogP) is 2.51. The van der Waals surface area contributed by atoms with Crippen molar-refractivity contribution in [3.8, 4) is 0 Å². The molecule has 1 atom stereocenters. The van der Waals surface area contributed by atoms with Crippen molar-refractivity contribution in [2.24, 2.45) is 5.92 Å². The first-order valence-electron chi connectivity index (χ1n) is 6.13. The van der Waals surface area contributed by atoms with E-state index in [0.29, 0.717) is 6.04 Å². The Bertz CT molecular complexity index is 257. The molecule has 1 heterocycles. The number of thiophene rings is 1. The Morgan fingerprint density at radius 1 is 1.25 bits per heavy atom. The summed E-state index contributed by atoms with van der Waals surface area (Å²) in [6.07, 6.45) is 1.14. The van der Waals surface area contributed by atoms with E-state index >= 15 is 0 Å². The zero-order valence-electron chi connectivity index (χ0n) is 10.6.